The molecular weight excluding hydrogens is 441 g/mol. The molecule has 0 amide bonds. The predicted molar refractivity (Wildman–Crippen MR) is 115 cm³/mol. The van der Waals surface area contributed by atoms with Crippen molar-refractivity contribution in [2.75, 3.05) is 19.7 Å². The monoisotopic (exact) mass is 469 g/mol. The number of halogens is 1. The van der Waals surface area contributed by atoms with Gasteiger partial charge in [-0.2, -0.15) is 5.10 Å². The molecule has 0 spiro atoms. The zero-order valence-electron chi connectivity index (χ0n) is 15.2. The van der Waals surface area contributed by atoms with Gasteiger partial charge in [0.2, 0.25) is 0 Å². The molecule has 2 aromatic rings. The number of hydrogen-bond donors (Lipinski definition) is 2. The molecule has 26 heavy (non-hydrogen) atoms. The van der Waals surface area contributed by atoms with Crippen LogP contribution in [0.2, 0.25) is 0 Å². The summed E-state index contributed by atoms with van der Waals surface area (Å²) in [5, 5.41) is 10.9. The standard InChI is InChI=1S/C19H27N5O.HI/c1-2-20-19(22-14-18-8-4-11-25-18)21-13-16-6-3-7-17(12-16)15-24-10-5-9-23-24;/h3,5-7,9-10,12,18H,2,4,8,11,13-15H2,1H3,(H2,20,21,22);1H. The van der Waals surface area contributed by atoms with E-state index in [1.54, 1.807) is 6.20 Å². The second-order valence-corrected chi connectivity index (χ2v) is 6.23. The third kappa shape index (κ3) is 6.60. The molecule has 7 heteroatoms. The average molecular weight is 469 g/mol. The first-order valence-electron chi connectivity index (χ1n) is 9.02. The van der Waals surface area contributed by atoms with E-state index in [1.807, 2.05) is 16.9 Å². The third-order valence-corrected chi connectivity index (χ3v) is 4.18. The van der Waals surface area contributed by atoms with Gasteiger partial charge in [0, 0.05) is 32.1 Å². The number of guanidine groups is 1. The van der Waals surface area contributed by atoms with Gasteiger partial charge in [-0.15, -0.1) is 24.0 Å². The molecular formula is C19H28IN5O. The lowest BCUT2D eigenvalue weighted by Crippen LogP contribution is -2.41. The van der Waals surface area contributed by atoms with Crippen LogP contribution in [-0.4, -0.2) is 41.5 Å². The van der Waals surface area contributed by atoms with Gasteiger partial charge in [-0.3, -0.25) is 4.68 Å². The maximum atomic E-state index is 5.66. The summed E-state index contributed by atoms with van der Waals surface area (Å²) in [6.07, 6.45) is 6.37. The summed E-state index contributed by atoms with van der Waals surface area (Å²) in [5.41, 5.74) is 2.42. The molecule has 1 aromatic carbocycles. The summed E-state index contributed by atoms with van der Waals surface area (Å²) in [6, 6.07) is 10.4. The van der Waals surface area contributed by atoms with Crippen LogP contribution >= 0.6 is 24.0 Å². The van der Waals surface area contributed by atoms with Crippen LogP contribution in [0.15, 0.2) is 47.7 Å². The minimum absolute atomic E-state index is 0. The Morgan fingerprint density at radius 1 is 1.31 bits per heavy atom. The molecule has 0 radical (unpaired) electrons. The summed E-state index contributed by atoms with van der Waals surface area (Å²) >= 11 is 0. The highest BCUT2D eigenvalue weighted by Crippen LogP contribution is 2.11. The van der Waals surface area contributed by atoms with E-state index in [-0.39, 0.29) is 24.0 Å². The highest BCUT2D eigenvalue weighted by molar-refractivity contribution is 14.0. The zero-order valence-corrected chi connectivity index (χ0v) is 17.6. The van der Waals surface area contributed by atoms with Crippen molar-refractivity contribution in [2.45, 2.75) is 39.0 Å². The van der Waals surface area contributed by atoms with Crippen LogP contribution in [0, 0.1) is 0 Å². The number of benzene rings is 1. The van der Waals surface area contributed by atoms with Crippen molar-refractivity contribution in [1.82, 2.24) is 20.4 Å². The van der Waals surface area contributed by atoms with Gasteiger partial charge in [0.15, 0.2) is 5.96 Å². The second-order valence-electron chi connectivity index (χ2n) is 6.23. The molecule has 0 saturated carbocycles. The van der Waals surface area contributed by atoms with Crippen molar-refractivity contribution < 1.29 is 4.74 Å². The van der Waals surface area contributed by atoms with Crippen molar-refractivity contribution in [3.05, 3.63) is 53.9 Å². The minimum atomic E-state index is 0. The Kier molecular flexibility index (Phi) is 8.90. The second kappa shape index (κ2) is 11.2. The van der Waals surface area contributed by atoms with Gasteiger partial charge in [-0.05, 0) is 37.0 Å². The minimum Gasteiger partial charge on any atom is -0.376 e. The van der Waals surface area contributed by atoms with Crippen LogP contribution in [0.25, 0.3) is 0 Å². The molecule has 1 aliphatic heterocycles. The largest absolute Gasteiger partial charge is 0.376 e. The first kappa shape index (κ1) is 20.7. The van der Waals surface area contributed by atoms with Gasteiger partial charge in [0.25, 0.3) is 0 Å². The molecule has 1 atom stereocenters. The Morgan fingerprint density at radius 3 is 2.92 bits per heavy atom. The van der Waals surface area contributed by atoms with Crippen LogP contribution in [-0.2, 0) is 17.8 Å². The van der Waals surface area contributed by atoms with E-state index in [9.17, 15) is 0 Å². The molecule has 6 nitrogen and oxygen atoms in total. The normalized spacial score (nSPS) is 17.0. The van der Waals surface area contributed by atoms with Crippen LogP contribution in [0.4, 0.5) is 0 Å². The molecule has 1 aliphatic rings. The topological polar surface area (TPSA) is 63.5 Å². The maximum absolute atomic E-state index is 5.66. The lowest BCUT2D eigenvalue weighted by molar-refractivity contribution is 0.114. The van der Waals surface area contributed by atoms with E-state index in [0.717, 1.165) is 45.0 Å². The molecule has 2 heterocycles. The van der Waals surface area contributed by atoms with Crippen molar-refractivity contribution >= 4 is 29.9 Å². The fourth-order valence-electron chi connectivity index (χ4n) is 2.94. The smallest absolute Gasteiger partial charge is 0.191 e. The number of aliphatic imine (C=N–C) groups is 1. The number of nitrogens with zero attached hydrogens (tertiary/aromatic N) is 3. The van der Waals surface area contributed by atoms with Crippen LogP contribution in [0.1, 0.15) is 30.9 Å². The highest BCUT2D eigenvalue weighted by atomic mass is 127. The SMILES string of the molecule is CCNC(=NCc1cccc(Cn2cccn2)c1)NCC1CCCO1.I. The molecule has 1 aromatic heterocycles. The molecule has 0 aliphatic carbocycles. The highest BCUT2D eigenvalue weighted by Gasteiger charge is 2.15. The predicted octanol–water partition coefficient (Wildman–Crippen LogP) is 2.78. The Bertz CT molecular complexity index is 668. The number of ether oxygens (including phenoxy) is 1. The van der Waals surface area contributed by atoms with Crippen molar-refractivity contribution in [3.63, 3.8) is 0 Å². The van der Waals surface area contributed by atoms with E-state index in [0.29, 0.717) is 12.6 Å². The average Bonchev–Trinajstić information content (AvgIpc) is 3.31. The summed E-state index contributed by atoms with van der Waals surface area (Å²) in [6.45, 7) is 6.04. The molecule has 1 fully saturated rings. The van der Waals surface area contributed by atoms with E-state index in [2.05, 4.69) is 46.9 Å². The van der Waals surface area contributed by atoms with Crippen molar-refractivity contribution in [2.24, 2.45) is 4.99 Å². The number of rotatable bonds is 7. The molecule has 0 bridgehead atoms. The van der Waals surface area contributed by atoms with E-state index < -0.39 is 0 Å². The molecule has 1 saturated heterocycles. The molecule has 2 N–H and O–H groups in total. The lowest BCUT2D eigenvalue weighted by atomic mass is 10.1. The van der Waals surface area contributed by atoms with E-state index >= 15 is 0 Å². The van der Waals surface area contributed by atoms with Gasteiger partial charge in [-0.1, -0.05) is 24.3 Å². The van der Waals surface area contributed by atoms with Gasteiger partial charge in [0.1, 0.15) is 0 Å². The maximum Gasteiger partial charge on any atom is 0.191 e. The van der Waals surface area contributed by atoms with Crippen LogP contribution in [0.5, 0.6) is 0 Å². The molecule has 3 rings (SSSR count). The fourth-order valence-corrected chi connectivity index (χ4v) is 2.94. The Balaban J connectivity index is 0.00000243. The van der Waals surface area contributed by atoms with Gasteiger partial charge < -0.3 is 15.4 Å². The molecule has 142 valence electrons. The van der Waals surface area contributed by atoms with Crippen LogP contribution < -0.4 is 10.6 Å². The van der Waals surface area contributed by atoms with Crippen molar-refractivity contribution in [1.29, 1.82) is 0 Å². The Labute approximate surface area is 172 Å². The van der Waals surface area contributed by atoms with Gasteiger partial charge in [0.05, 0.1) is 19.2 Å². The van der Waals surface area contributed by atoms with E-state index in [4.69, 9.17) is 9.73 Å². The number of aromatic nitrogens is 2. The lowest BCUT2D eigenvalue weighted by Gasteiger charge is -2.14. The van der Waals surface area contributed by atoms with E-state index in [1.165, 1.54) is 11.1 Å². The first-order valence-corrected chi connectivity index (χ1v) is 9.02. The Morgan fingerprint density at radius 2 is 2.19 bits per heavy atom. The summed E-state index contributed by atoms with van der Waals surface area (Å²) < 4.78 is 7.58. The fraction of sp³-hybridized carbons (Fsp3) is 0.474. The van der Waals surface area contributed by atoms with Gasteiger partial charge >= 0.3 is 0 Å². The summed E-state index contributed by atoms with van der Waals surface area (Å²) in [7, 11) is 0. The zero-order chi connectivity index (χ0) is 17.3. The number of hydrogen-bond acceptors (Lipinski definition) is 3. The third-order valence-electron chi connectivity index (χ3n) is 4.18. The quantitative estimate of drug-likeness (QED) is 0.372. The first-order chi connectivity index (χ1) is 12.3. The number of nitrogens with one attached hydrogen (secondary N) is 2. The summed E-state index contributed by atoms with van der Waals surface area (Å²) in [4.78, 5) is 4.70. The Hall–Kier alpha value is -1.61. The van der Waals surface area contributed by atoms with Gasteiger partial charge in [-0.25, -0.2) is 4.99 Å². The van der Waals surface area contributed by atoms with Crippen molar-refractivity contribution in [3.8, 4) is 0 Å². The molecule has 1 unspecified atom stereocenters. The van der Waals surface area contributed by atoms with Crippen LogP contribution in [0.3, 0.4) is 0 Å². The summed E-state index contributed by atoms with van der Waals surface area (Å²) in [5.74, 6) is 0.843.